The van der Waals surface area contributed by atoms with Crippen molar-refractivity contribution in [1.29, 1.82) is 0 Å². The molecule has 1 heterocycles. The first-order valence-corrected chi connectivity index (χ1v) is 10.6. The zero-order chi connectivity index (χ0) is 24.2. The molecule has 34 heavy (non-hydrogen) atoms. The van der Waals surface area contributed by atoms with Gasteiger partial charge in [0.1, 0.15) is 26.4 Å². The predicted octanol–water partition coefficient (Wildman–Crippen LogP) is 2.06. The van der Waals surface area contributed by atoms with Crippen molar-refractivity contribution in [3.63, 3.8) is 0 Å². The standard InChI is InChI=1S/C24H24O10/c25-21-17-3-1-4-18(15-17)22(26)32-12-8-30-10-14-34-24(28)20-6-2-5-19(16-20)23(27)33-13-9-29-7-11-31-21/h1-6,15-16H,7-14H2. The van der Waals surface area contributed by atoms with Crippen molar-refractivity contribution in [2.24, 2.45) is 0 Å². The third-order valence-corrected chi connectivity index (χ3v) is 4.51. The van der Waals surface area contributed by atoms with E-state index in [1.54, 1.807) is 12.1 Å². The van der Waals surface area contributed by atoms with E-state index >= 15 is 0 Å². The summed E-state index contributed by atoms with van der Waals surface area (Å²) in [5.41, 5.74) is 0.771. The molecule has 0 radical (unpaired) electrons. The normalized spacial score (nSPS) is 17.4. The van der Waals surface area contributed by atoms with E-state index in [1.165, 1.54) is 36.4 Å². The van der Waals surface area contributed by atoms with Crippen molar-refractivity contribution < 1.29 is 47.6 Å². The highest BCUT2D eigenvalue weighted by Gasteiger charge is 2.14. The highest BCUT2D eigenvalue weighted by atomic mass is 16.6. The Morgan fingerprint density at radius 2 is 0.676 bits per heavy atom. The molecule has 2 aromatic carbocycles. The number of ether oxygens (including phenoxy) is 6. The molecule has 2 aromatic rings. The van der Waals surface area contributed by atoms with Crippen molar-refractivity contribution in [2.45, 2.75) is 0 Å². The van der Waals surface area contributed by atoms with Crippen LogP contribution in [0.25, 0.3) is 0 Å². The largest absolute Gasteiger partial charge is 0.460 e. The summed E-state index contributed by atoms with van der Waals surface area (Å²) in [4.78, 5) is 48.8. The van der Waals surface area contributed by atoms with Gasteiger partial charge in [-0.2, -0.15) is 0 Å². The maximum Gasteiger partial charge on any atom is 0.338 e. The number of fused-ring (bicyclic) bond motifs is 4. The van der Waals surface area contributed by atoms with E-state index in [0.717, 1.165) is 0 Å². The van der Waals surface area contributed by atoms with Crippen LogP contribution in [-0.2, 0) is 28.4 Å². The lowest BCUT2D eigenvalue weighted by molar-refractivity contribution is 0.0150. The van der Waals surface area contributed by atoms with Gasteiger partial charge in [-0.1, -0.05) is 12.1 Å². The first-order valence-electron chi connectivity index (χ1n) is 10.6. The van der Waals surface area contributed by atoms with Gasteiger partial charge in [0.15, 0.2) is 0 Å². The number of esters is 4. The monoisotopic (exact) mass is 472 g/mol. The molecule has 10 nitrogen and oxygen atoms in total. The minimum atomic E-state index is -0.614. The SMILES string of the molecule is O=C1OCCOCCOC(=O)c2cccc(c2)C(=O)OCCOCCOC(=O)c2cccc1c2. The first kappa shape index (κ1) is 24.9. The van der Waals surface area contributed by atoms with Crippen LogP contribution in [0.2, 0.25) is 0 Å². The van der Waals surface area contributed by atoms with E-state index in [9.17, 15) is 19.2 Å². The molecule has 0 spiro atoms. The van der Waals surface area contributed by atoms with E-state index in [-0.39, 0.29) is 75.1 Å². The van der Waals surface area contributed by atoms with Crippen LogP contribution in [0.1, 0.15) is 41.4 Å². The smallest absolute Gasteiger partial charge is 0.338 e. The maximum absolute atomic E-state index is 12.2. The zero-order valence-corrected chi connectivity index (χ0v) is 18.4. The fourth-order valence-corrected chi connectivity index (χ4v) is 2.86. The number of hydrogen-bond acceptors (Lipinski definition) is 10. The van der Waals surface area contributed by atoms with Gasteiger partial charge < -0.3 is 28.4 Å². The summed E-state index contributed by atoms with van der Waals surface area (Å²) < 4.78 is 31.1. The van der Waals surface area contributed by atoms with Crippen molar-refractivity contribution >= 4 is 23.9 Å². The van der Waals surface area contributed by atoms with Crippen LogP contribution in [0.3, 0.4) is 0 Å². The lowest BCUT2D eigenvalue weighted by Gasteiger charge is -2.10. The molecule has 0 saturated carbocycles. The van der Waals surface area contributed by atoms with Crippen LogP contribution in [0.5, 0.6) is 0 Å². The van der Waals surface area contributed by atoms with Crippen LogP contribution in [0, 0.1) is 0 Å². The summed E-state index contributed by atoms with van der Waals surface area (Å²) in [6.45, 7) is 0.259. The highest BCUT2D eigenvalue weighted by Crippen LogP contribution is 2.10. The number of rotatable bonds is 0. The summed E-state index contributed by atoms with van der Waals surface area (Å²) in [6.07, 6.45) is 0. The molecule has 1 aliphatic heterocycles. The Balaban J connectivity index is 1.60. The average Bonchev–Trinajstić information content (AvgIpc) is 2.86. The minimum Gasteiger partial charge on any atom is -0.460 e. The Kier molecular flexibility index (Phi) is 9.56. The predicted molar refractivity (Wildman–Crippen MR) is 116 cm³/mol. The van der Waals surface area contributed by atoms with E-state index in [4.69, 9.17) is 28.4 Å². The third-order valence-electron chi connectivity index (χ3n) is 4.51. The molecule has 0 aliphatic carbocycles. The van der Waals surface area contributed by atoms with Gasteiger partial charge in [-0.05, 0) is 36.4 Å². The van der Waals surface area contributed by atoms with E-state index in [2.05, 4.69) is 0 Å². The molecule has 0 N–H and O–H groups in total. The van der Waals surface area contributed by atoms with Crippen LogP contribution in [-0.4, -0.2) is 76.7 Å². The number of carbonyl (C=O) groups excluding carboxylic acids is 4. The topological polar surface area (TPSA) is 124 Å². The molecule has 0 unspecified atom stereocenters. The maximum atomic E-state index is 12.2. The Bertz CT molecular complexity index is 864. The highest BCUT2D eigenvalue weighted by molar-refractivity contribution is 5.96. The van der Waals surface area contributed by atoms with Gasteiger partial charge in [-0.3, -0.25) is 0 Å². The van der Waals surface area contributed by atoms with Crippen LogP contribution in [0.15, 0.2) is 48.5 Å². The van der Waals surface area contributed by atoms with Gasteiger partial charge >= 0.3 is 23.9 Å². The number of carbonyl (C=O) groups is 4. The first-order chi connectivity index (χ1) is 16.5. The van der Waals surface area contributed by atoms with Crippen LogP contribution < -0.4 is 0 Å². The zero-order valence-electron chi connectivity index (χ0n) is 18.4. The number of hydrogen-bond donors (Lipinski definition) is 0. The van der Waals surface area contributed by atoms with Crippen molar-refractivity contribution in [3.05, 3.63) is 70.8 Å². The molecule has 3 rings (SSSR count). The van der Waals surface area contributed by atoms with Crippen molar-refractivity contribution in [2.75, 3.05) is 52.9 Å². The second kappa shape index (κ2) is 13.1. The number of benzene rings is 2. The summed E-state index contributed by atoms with van der Waals surface area (Å²) >= 11 is 0. The average molecular weight is 472 g/mol. The van der Waals surface area contributed by atoms with Gasteiger partial charge in [0.05, 0.1) is 48.7 Å². The minimum absolute atomic E-state index is 0.0249. The molecule has 0 atom stereocenters. The Hall–Kier alpha value is -3.76. The second-order valence-electron chi connectivity index (χ2n) is 6.93. The van der Waals surface area contributed by atoms with Crippen molar-refractivity contribution in [1.82, 2.24) is 0 Å². The molecular formula is C24H24O10. The molecule has 180 valence electrons. The Morgan fingerprint density at radius 3 is 0.941 bits per heavy atom. The lowest BCUT2D eigenvalue weighted by atomic mass is 10.1. The van der Waals surface area contributed by atoms with Gasteiger partial charge in [-0.25, -0.2) is 19.2 Å². The molecule has 0 saturated heterocycles. The van der Waals surface area contributed by atoms with Crippen molar-refractivity contribution in [3.8, 4) is 0 Å². The molecule has 1 aliphatic rings. The van der Waals surface area contributed by atoms with Crippen LogP contribution >= 0.6 is 0 Å². The lowest BCUT2D eigenvalue weighted by Crippen LogP contribution is -2.17. The molecule has 0 fully saturated rings. The third kappa shape index (κ3) is 7.68. The summed E-state index contributed by atoms with van der Waals surface area (Å²) in [5, 5.41) is 0. The number of cyclic esters (lactones) is 4. The van der Waals surface area contributed by atoms with E-state index in [0.29, 0.717) is 0 Å². The molecule has 0 aromatic heterocycles. The van der Waals surface area contributed by atoms with E-state index < -0.39 is 23.9 Å². The van der Waals surface area contributed by atoms with E-state index in [1.807, 2.05) is 0 Å². The van der Waals surface area contributed by atoms with Gasteiger partial charge in [0.2, 0.25) is 0 Å². The molecule has 10 heteroatoms. The summed E-state index contributed by atoms with van der Waals surface area (Å²) in [5.74, 6) is -2.46. The van der Waals surface area contributed by atoms with Gasteiger partial charge in [0.25, 0.3) is 0 Å². The molecule has 4 bridgehead atoms. The fraction of sp³-hybridized carbons (Fsp3) is 0.333. The quantitative estimate of drug-likeness (QED) is 0.416. The van der Waals surface area contributed by atoms with Gasteiger partial charge in [0, 0.05) is 0 Å². The summed E-state index contributed by atoms with van der Waals surface area (Å²) in [7, 11) is 0. The summed E-state index contributed by atoms with van der Waals surface area (Å²) in [6, 6.07) is 11.9. The van der Waals surface area contributed by atoms with Gasteiger partial charge in [-0.15, -0.1) is 0 Å². The molecule has 0 amide bonds. The Labute approximate surface area is 195 Å². The Morgan fingerprint density at radius 1 is 0.412 bits per heavy atom. The fourth-order valence-electron chi connectivity index (χ4n) is 2.86. The second-order valence-corrected chi connectivity index (χ2v) is 6.93. The molecular weight excluding hydrogens is 448 g/mol. The van der Waals surface area contributed by atoms with Crippen LogP contribution in [0.4, 0.5) is 0 Å².